The summed E-state index contributed by atoms with van der Waals surface area (Å²) in [4.78, 5) is 0. The van der Waals surface area contributed by atoms with E-state index in [2.05, 4.69) is 5.16 Å². The highest BCUT2D eigenvalue weighted by Crippen LogP contribution is 2.31. The summed E-state index contributed by atoms with van der Waals surface area (Å²) < 4.78 is 10.4. The first-order chi connectivity index (χ1) is 7.63. The van der Waals surface area contributed by atoms with Gasteiger partial charge in [-0.1, -0.05) is 5.16 Å². The SMILES string of the molecule is COc1ccc(-c2onc(C)c2N)cc1C. The third-order valence-electron chi connectivity index (χ3n) is 2.57. The van der Waals surface area contributed by atoms with E-state index in [0.717, 1.165) is 16.9 Å². The molecule has 4 heteroatoms. The van der Waals surface area contributed by atoms with E-state index in [1.165, 1.54) is 0 Å². The maximum atomic E-state index is 5.87. The molecular weight excluding hydrogens is 204 g/mol. The van der Waals surface area contributed by atoms with Gasteiger partial charge in [-0.2, -0.15) is 0 Å². The number of hydrogen-bond donors (Lipinski definition) is 1. The predicted molar refractivity (Wildman–Crippen MR) is 62.4 cm³/mol. The Kier molecular flexibility index (Phi) is 2.56. The number of nitrogens with zero attached hydrogens (tertiary/aromatic N) is 1. The standard InChI is InChI=1S/C12H14N2O2/c1-7-6-9(4-5-10(7)15-3)12-11(13)8(2)14-16-12/h4-6H,13H2,1-3H3. The minimum Gasteiger partial charge on any atom is -0.496 e. The molecule has 0 aliphatic rings. The molecule has 0 aliphatic heterocycles. The second-order valence-corrected chi connectivity index (χ2v) is 3.70. The van der Waals surface area contributed by atoms with Crippen molar-refractivity contribution in [1.82, 2.24) is 5.16 Å². The average Bonchev–Trinajstić information content (AvgIpc) is 2.60. The van der Waals surface area contributed by atoms with Crippen LogP contribution in [0.3, 0.4) is 0 Å². The van der Waals surface area contributed by atoms with Gasteiger partial charge in [0, 0.05) is 5.56 Å². The van der Waals surface area contributed by atoms with Gasteiger partial charge in [0.05, 0.1) is 7.11 Å². The van der Waals surface area contributed by atoms with Crippen LogP contribution in [0, 0.1) is 13.8 Å². The summed E-state index contributed by atoms with van der Waals surface area (Å²) in [6, 6.07) is 5.76. The van der Waals surface area contributed by atoms with Crippen molar-refractivity contribution in [2.75, 3.05) is 12.8 Å². The lowest BCUT2D eigenvalue weighted by atomic mass is 10.1. The molecule has 0 fully saturated rings. The lowest BCUT2D eigenvalue weighted by Gasteiger charge is -2.05. The third kappa shape index (κ3) is 1.62. The van der Waals surface area contributed by atoms with Gasteiger partial charge in [0.1, 0.15) is 17.1 Å². The Morgan fingerprint density at radius 3 is 2.56 bits per heavy atom. The molecule has 1 aromatic carbocycles. The summed E-state index contributed by atoms with van der Waals surface area (Å²) in [5, 5.41) is 3.83. The fraction of sp³-hybridized carbons (Fsp3) is 0.250. The monoisotopic (exact) mass is 218 g/mol. The Bertz CT molecular complexity index is 518. The Morgan fingerprint density at radius 1 is 1.31 bits per heavy atom. The van der Waals surface area contributed by atoms with Crippen LogP contribution in [0.4, 0.5) is 5.69 Å². The maximum absolute atomic E-state index is 5.87. The lowest BCUT2D eigenvalue weighted by Crippen LogP contribution is -1.90. The van der Waals surface area contributed by atoms with Gasteiger partial charge < -0.3 is 15.0 Å². The molecule has 16 heavy (non-hydrogen) atoms. The summed E-state index contributed by atoms with van der Waals surface area (Å²) >= 11 is 0. The molecule has 0 unspecified atom stereocenters. The quantitative estimate of drug-likeness (QED) is 0.841. The summed E-state index contributed by atoms with van der Waals surface area (Å²) in [7, 11) is 1.65. The van der Waals surface area contributed by atoms with Crippen LogP contribution in [0.5, 0.6) is 5.75 Å². The topological polar surface area (TPSA) is 61.3 Å². The molecule has 2 rings (SSSR count). The second-order valence-electron chi connectivity index (χ2n) is 3.70. The first-order valence-electron chi connectivity index (χ1n) is 5.00. The van der Waals surface area contributed by atoms with Gasteiger partial charge in [0.15, 0.2) is 5.76 Å². The van der Waals surface area contributed by atoms with Crippen molar-refractivity contribution in [3.05, 3.63) is 29.5 Å². The fourth-order valence-corrected chi connectivity index (χ4v) is 1.60. The number of aromatic nitrogens is 1. The molecule has 0 aliphatic carbocycles. The summed E-state index contributed by atoms with van der Waals surface area (Å²) in [6.07, 6.45) is 0. The summed E-state index contributed by atoms with van der Waals surface area (Å²) in [5.41, 5.74) is 9.12. The van der Waals surface area contributed by atoms with Crippen LogP contribution in [0.15, 0.2) is 22.7 Å². The van der Waals surface area contributed by atoms with Crippen molar-refractivity contribution in [2.24, 2.45) is 0 Å². The molecule has 0 radical (unpaired) electrons. The molecule has 84 valence electrons. The summed E-state index contributed by atoms with van der Waals surface area (Å²) in [5.74, 6) is 1.46. The largest absolute Gasteiger partial charge is 0.496 e. The van der Waals surface area contributed by atoms with Gasteiger partial charge in [-0.25, -0.2) is 0 Å². The van der Waals surface area contributed by atoms with Crippen molar-refractivity contribution < 1.29 is 9.26 Å². The fourth-order valence-electron chi connectivity index (χ4n) is 1.60. The molecule has 0 saturated carbocycles. The van der Waals surface area contributed by atoms with E-state index >= 15 is 0 Å². The number of aryl methyl sites for hydroxylation is 2. The van der Waals surface area contributed by atoms with Crippen molar-refractivity contribution in [3.63, 3.8) is 0 Å². The van der Waals surface area contributed by atoms with Crippen LogP contribution in [-0.2, 0) is 0 Å². The van der Waals surface area contributed by atoms with Crippen molar-refractivity contribution in [1.29, 1.82) is 0 Å². The van der Waals surface area contributed by atoms with Gasteiger partial charge in [-0.3, -0.25) is 0 Å². The van der Waals surface area contributed by atoms with E-state index in [-0.39, 0.29) is 0 Å². The predicted octanol–water partition coefficient (Wildman–Crippen LogP) is 2.55. The Balaban J connectivity index is 2.49. The number of nitrogen functional groups attached to an aromatic ring is 1. The highest BCUT2D eigenvalue weighted by Gasteiger charge is 2.12. The van der Waals surface area contributed by atoms with Crippen molar-refractivity contribution in [3.8, 4) is 17.1 Å². The molecule has 0 spiro atoms. The van der Waals surface area contributed by atoms with E-state index < -0.39 is 0 Å². The number of ether oxygens (including phenoxy) is 1. The van der Waals surface area contributed by atoms with Gasteiger partial charge >= 0.3 is 0 Å². The molecule has 0 atom stereocenters. The first kappa shape index (κ1) is 10.5. The Morgan fingerprint density at radius 2 is 2.06 bits per heavy atom. The zero-order valence-electron chi connectivity index (χ0n) is 9.57. The van der Waals surface area contributed by atoms with Gasteiger partial charge in [0.25, 0.3) is 0 Å². The van der Waals surface area contributed by atoms with E-state index in [0.29, 0.717) is 17.1 Å². The number of nitrogens with two attached hydrogens (primary N) is 1. The van der Waals surface area contributed by atoms with Gasteiger partial charge in [-0.05, 0) is 37.6 Å². The molecule has 4 nitrogen and oxygen atoms in total. The van der Waals surface area contributed by atoms with Crippen LogP contribution in [0.1, 0.15) is 11.3 Å². The number of methoxy groups -OCH3 is 1. The highest BCUT2D eigenvalue weighted by molar-refractivity contribution is 5.73. The molecule has 1 aromatic heterocycles. The number of benzene rings is 1. The zero-order valence-corrected chi connectivity index (χ0v) is 9.57. The smallest absolute Gasteiger partial charge is 0.190 e. The molecule has 0 bridgehead atoms. The molecular formula is C12H14N2O2. The number of hydrogen-bond acceptors (Lipinski definition) is 4. The van der Waals surface area contributed by atoms with Crippen LogP contribution in [-0.4, -0.2) is 12.3 Å². The van der Waals surface area contributed by atoms with Crippen molar-refractivity contribution in [2.45, 2.75) is 13.8 Å². The van der Waals surface area contributed by atoms with Crippen LogP contribution < -0.4 is 10.5 Å². The van der Waals surface area contributed by atoms with E-state index in [9.17, 15) is 0 Å². The minimum atomic E-state index is 0.588. The minimum absolute atomic E-state index is 0.588. The molecule has 0 amide bonds. The van der Waals surface area contributed by atoms with Gasteiger partial charge in [0.2, 0.25) is 0 Å². The zero-order chi connectivity index (χ0) is 11.7. The second kappa shape index (κ2) is 3.89. The number of rotatable bonds is 2. The third-order valence-corrected chi connectivity index (χ3v) is 2.57. The van der Waals surface area contributed by atoms with Crippen LogP contribution in [0.25, 0.3) is 11.3 Å². The molecule has 1 heterocycles. The molecule has 2 aromatic rings. The molecule has 0 saturated heterocycles. The average molecular weight is 218 g/mol. The Hall–Kier alpha value is -1.97. The van der Waals surface area contributed by atoms with Gasteiger partial charge in [-0.15, -0.1) is 0 Å². The summed E-state index contributed by atoms with van der Waals surface area (Å²) in [6.45, 7) is 3.79. The maximum Gasteiger partial charge on any atom is 0.190 e. The highest BCUT2D eigenvalue weighted by atomic mass is 16.5. The van der Waals surface area contributed by atoms with Crippen molar-refractivity contribution >= 4 is 5.69 Å². The van der Waals surface area contributed by atoms with E-state index in [4.69, 9.17) is 15.0 Å². The van der Waals surface area contributed by atoms with E-state index in [1.807, 2.05) is 32.0 Å². The normalized spacial score (nSPS) is 10.4. The first-order valence-corrected chi connectivity index (χ1v) is 5.00. The molecule has 2 N–H and O–H groups in total. The van der Waals surface area contributed by atoms with E-state index in [1.54, 1.807) is 7.11 Å². The van der Waals surface area contributed by atoms with Crippen LogP contribution in [0.2, 0.25) is 0 Å². The Labute approximate surface area is 94.0 Å². The number of anilines is 1. The lowest BCUT2D eigenvalue weighted by molar-refractivity contribution is 0.411. The van der Waals surface area contributed by atoms with Crippen LogP contribution >= 0.6 is 0 Å².